The third kappa shape index (κ3) is 2.74. The van der Waals surface area contributed by atoms with Gasteiger partial charge in [0, 0.05) is 18.0 Å². The van der Waals surface area contributed by atoms with Gasteiger partial charge in [0.1, 0.15) is 0 Å². The molecule has 4 nitrogen and oxygen atoms in total. The summed E-state index contributed by atoms with van der Waals surface area (Å²) in [5.41, 5.74) is 6.21. The van der Waals surface area contributed by atoms with Crippen molar-refractivity contribution < 1.29 is 4.52 Å². The highest BCUT2D eigenvalue weighted by molar-refractivity contribution is 5.56. The minimum atomic E-state index is 0.114. The number of aromatic nitrogens is 2. The first-order valence-electron chi connectivity index (χ1n) is 8.44. The van der Waals surface area contributed by atoms with Gasteiger partial charge in [-0.15, -0.1) is 0 Å². The van der Waals surface area contributed by atoms with Gasteiger partial charge in [0.2, 0.25) is 0 Å². The van der Waals surface area contributed by atoms with Crippen molar-refractivity contribution in [3.05, 3.63) is 70.5 Å². The van der Waals surface area contributed by atoms with Crippen LogP contribution in [0.15, 0.2) is 47.0 Å². The maximum absolute atomic E-state index is 5.54. The minimum Gasteiger partial charge on any atom is -0.334 e. The zero-order valence-electron chi connectivity index (χ0n) is 14.0. The van der Waals surface area contributed by atoms with Gasteiger partial charge in [0.05, 0.1) is 0 Å². The molecule has 3 aromatic rings. The first-order chi connectivity index (χ1) is 11.7. The van der Waals surface area contributed by atoms with Gasteiger partial charge in [-0.05, 0) is 54.3 Å². The van der Waals surface area contributed by atoms with Crippen LogP contribution in [0.4, 0.5) is 0 Å². The van der Waals surface area contributed by atoms with Crippen LogP contribution in [0.1, 0.15) is 40.9 Å². The Hall–Kier alpha value is -2.46. The van der Waals surface area contributed by atoms with Gasteiger partial charge in [-0.2, -0.15) is 4.98 Å². The van der Waals surface area contributed by atoms with Crippen LogP contribution in [0.2, 0.25) is 0 Å². The minimum absolute atomic E-state index is 0.114. The summed E-state index contributed by atoms with van der Waals surface area (Å²) in [6.07, 6.45) is 1.08. The molecule has 0 amide bonds. The van der Waals surface area contributed by atoms with Crippen molar-refractivity contribution in [2.24, 2.45) is 0 Å². The predicted octanol–water partition coefficient (Wildman–Crippen LogP) is 3.84. The fourth-order valence-corrected chi connectivity index (χ4v) is 3.35. The summed E-state index contributed by atoms with van der Waals surface area (Å²) in [5, 5.41) is 7.62. The molecule has 24 heavy (non-hydrogen) atoms. The lowest BCUT2D eigenvalue weighted by atomic mass is 9.96. The van der Waals surface area contributed by atoms with Crippen LogP contribution in [-0.2, 0) is 13.0 Å². The normalized spacial score (nSPS) is 15.1. The molecule has 0 fully saturated rings. The molecule has 0 bridgehead atoms. The Kier molecular flexibility index (Phi) is 3.90. The number of nitrogens with zero attached hydrogens (tertiary/aromatic N) is 2. The summed E-state index contributed by atoms with van der Waals surface area (Å²) >= 11 is 0. The predicted molar refractivity (Wildman–Crippen MR) is 93.8 cm³/mol. The first-order valence-corrected chi connectivity index (χ1v) is 8.44. The van der Waals surface area contributed by atoms with Crippen LogP contribution in [-0.4, -0.2) is 16.7 Å². The zero-order valence-corrected chi connectivity index (χ0v) is 14.0. The molecule has 1 aliphatic rings. The summed E-state index contributed by atoms with van der Waals surface area (Å²) in [6, 6.07) is 14.8. The lowest BCUT2D eigenvalue weighted by molar-refractivity contribution is 0.420. The Morgan fingerprint density at radius 3 is 2.88 bits per heavy atom. The van der Waals surface area contributed by atoms with E-state index in [4.69, 9.17) is 4.52 Å². The van der Waals surface area contributed by atoms with Crippen molar-refractivity contribution in [2.75, 3.05) is 6.54 Å². The summed E-state index contributed by atoms with van der Waals surface area (Å²) in [6.45, 7) is 6.19. The Bertz CT molecular complexity index is 869. The molecule has 0 saturated carbocycles. The second-order valence-corrected chi connectivity index (χ2v) is 6.45. The van der Waals surface area contributed by atoms with Crippen LogP contribution < -0.4 is 5.32 Å². The number of rotatable bonds is 3. The Balaban J connectivity index is 1.64. The maximum Gasteiger partial charge on any atom is 0.257 e. The monoisotopic (exact) mass is 319 g/mol. The number of fused-ring (bicyclic) bond motifs is 1. The van der Waals surface area contributed by atoms with Gasteiger partial charge in [-0.1, -0.05) is 42.4 Å². The quantitative estimate of drug-likeness (QED) is 0.797. The highest BCUT2D eigenvalue weighted by Crippen LogP contribution is 2.28. The molecule has 2 aromatic carbocycles. The van der Waals surface area contributed by atoms with E-state index in [0.717, 1.165) is 30.9 Å². The number of nitrogens with one attached hydrogen (secondary N) is 1. The van der Waals surface area contributed by atoms with Gasteiger partial charge in [0.15, 0.2) is 5.82 Å². The first kappa shape index (κ1) is 15.1. The highest BCUT2D eigenvalue weighted by atomic mass is 16.5. The van der Waals surface area contributed by atoms with E-state index in [1.165, 1.54) is 22.3 Å². The van der Waals surface area contributed by atoms with Crippen LogP contribution in [0.5, 0.6) is 0 Å². The number of aryl methyl sites for hydroxylation is 1. The van der Waals surface area contributed by atoms with E-state index < -0.39 is 0 Å². The van der Waals surface area contributed by atoms with Crippen LogP contribution in [0.3, 0.4) is 0 Å². The van der Waals surface area contributed by atoms with E-state index in [9.17, 15) is 0 Å². The van der Waals surface area contributed by atoms with Crippen LogP contribution in [0, 0.1) is 6.92 Å². The van der Waals surface area contributed by atoms with E-state index in [2.05, 4.69) is 65.7 Å². The molecule has 1 aromatic heterocycles. The molecule has 0 spiro atoms. The summed E-state index contributed by atoms with van der Waals surface area (Å²) in [5.74, 6) is 1.44. The molecule has 1 aliphatic heterocycles. The summed E-state index contributed by atoms with van der Waals surface area (Å²) in [7, 11) is 0. The van der Waals surface area contributed by atoms with E-state index in [1.54, 1.807) is 0 Å². The maximum atomic E-state index is 5.54. The molecule has 0 saturated heterocycles. The summed E-state index contributed by atoms with van der Waals surface area (Å²) in [4.78, 5) is 4.65. The smallest absolute Gasteiger partial charge is 0.257 e. The van der Waals surface area contributed by atoms with Crippen molar-refractivity contribution in [3.63, 3.8) is 0 Å². The lowest BCUT2D eigenvalue weighted by Crippen LogP contribution is -2.23. The fourth-order valence-electron chi connectivity index (χ4n) is 3.35. The van der Waals surface area contributed by atoms with Crippen LogP contribution in [0.25, 0.3) is 11.5 Å². The third-order valence-electron chi connectivity index (χ3n) is 4.82. The highest BCUT2D eigenvalue weighted by Gasteiger charge is 2.19. The second-order valence-electron chi connectivity index (χ2n) is 6.45. The number of hydrogen-bond donors (Lipinski definition) is 1. The third-order valence-corrected chi connectivity index (χ3v) is 4.82. The molecule has 122 valence electrons. The van der Waals surface area contributed by atoms with Gasteiger partial charge in [0.25, 0.3) is 5.89 Å². The van der Waals surface area contributed by atoms with Crippen molar-refractivity contribution in [3.8, 4) is 11.5 Å². The molecule has 1 N–H and O–H groups in total. The molecule has 2 heterocycles. The van der Waals surface area contributed by atoms with E-state index in [-0.39, 0.29) is 5.92 Å². The van der Waals surface area contributed by atoms with Crippen molar-refractivity contribution in [2.45, 2.75) is 32.7 Å². The topological polar surface area (TPSA) is 51.0 Å². The molecule has 1 unspecified atom stereocenters. The van der Waals surface area contributed by atoms with E-state index in [0.29, 0.717) is 5.89 Å². The van der Waals surface area contributed by atoms with Crippen molar-refractivity contribution in [1.29, 1.82) is 0 Å². The Labute approximate surface area is 141 Å². The van der Waals surface area contributed by atoms with Crippen molar-refractivity contribution >= 4 is 0 Å². The zero-order chi connectivity index (χ0) is 16.5. The number of benzene rings is 2. The molecule has 4 rings (SSSR count). The average molecular weight is 319 g/mol. The largest absolute Gasteiger partial charge is 0.334 e. The molecule has 4 heteroatoms. The summed E-state index contributed by atoms with van der Waals surface area (Å²) < 4.78 is 5.54. The molecular formula is C20H21N3O. The Morgan fingerprint density at radius 2 is 2.00 bits per heavy atom. The lowest BCUT2D eigenvalue weighted by Gasteiger charge is -2.17. The van der Waals surface area contributed by atoms with E-state index in [1.807, 2.05) is 6.07 Å². The van der Waals surface area contributed by atoms with E-state index >= 15 is 0 Å². The second kappa shape index (κ2) is 6.21. The Morgan fingerprint density at radius 1 is 1.12 bits per heavy atom. The fraction of sp³-hybridized carbons (Fsp3) is 0.300. The van der Waals surface area contributed by atoms with Gasteiger partial charge in [-0.3, -0.25) is 0 Å². The van der Waals surface area contributed by atoms with Gasteiger partial charge in [-0.25, -0.2) is 0 Å². The van der Waals surface area contributed by atoms with Crippen molar-refractivity contribution in [1.82, 2.24) is 15.5 Å². The standard InChI is InChI=1S/C20H21N3O/c1-13-5-3-4-6-18(13)14(2)19-22-20(24-23-19)16-8-7-15-9-10-21-12-17(15)11-16/h3-8,11,14,21H,9-10,12H2,1-2H3. The molecular weight excluding hydrogens is 298 g/mol. The molecule has 0 radical (unpaired) electrons. The molecule has 1 atom stereocenters. The SMILES string of the molecule is Cc1ccccc1C(C)c1noc(-c2ccc3c(c2)CNCC3)n1. The number of hydrogen-bond acceptors (Lipinski definition) is 4. The molecule has 0 aliphatic carbocycles. The average Bonchev–Trinajstić information content (AvgIpc) is 3.11. The van der Waals surface area contributed by atoms with Gasteiger partial charge >= 0.3 is 0 Å². The van der Waals surface area contributed by atoms with Crippen LogP contribution >= 0.6 is 0 Å². The van der Waals surface area contributed by atoms with Gasteiger partial charge < -0.3 is 9.84 Å².